The molecule has 0 bridgehead atoms. The number of pyridine rings is 1. The van der Waals surface area contributed by atoms with E-state index in [-0.39, 0.29) is 5.75 Å². The van der Waals surface area contributed by atoms with Crippen molar-refractivity contribution in [1.82, 2.24) is 10.3 Å². The Morgan fingerprint density at radius 3 is 2.76 bits per heavy atom. The summed E-state index contributed by atoms with van der Waals surface area (Å²) in [7, 11) is 0. The Hall–Kier alpha value is -2.82. The molecule has 0 unspecified atom stereocenters. The maximum Gasteiger partial charge on any atom is 0.134 e. The van der Waals surface area contributed by atoms with E-state index < -0.39 is 0 Å². The summed E-state index contributed by atoms with van der Waals surface area (Å²) < 4.78 is 0. The third-order valence-electron chi connectivity index (χ3n) is 4.87. The molecule has 1 fully saturated rings. The number of aliphatic imine (C=N–C) groups is 1. The average molecular weight is 334 g/mol. The highest BCUT2D eigenvalue weighted by Gasteiger charge is 2.21. The second-order valence-corrected chi connectivity index (χ2v) is 6.70. The van der Waals surface area contributed by atoms with Crippen LogP contribution < -0.4 is 10.6 Å². The monoisotopic (exact) mass is 334 g/mol. The maximum atomic E-state index is 9.68. The average Bonchev–Trinajstić information content (AvgIpc) is 2.63. The zero-order valence-electron chi connectivity index (χ0n) is 14.1. The minimum atomic E-state index is 0.169. The molecule has 2 aromatic rings. The van der Waals surface area contributed by atoms with Gasteiger partial charge in [0.25, 0.3) is 0 Å². The minimum absolute atomic E-state index is 0.169. The van der Waals surface area contributed by atoms with Crippen LogP contribution in [0, 0.1) is 0 Å². The van der Waals surface area contributed by atoms with Gasteiger partial charge >= 0.3 is 0 Å². The van der Waals surface area contributed by atoms with Crippen LogP contribution in [-0.2, 0) is 0 Å². The fourth-order valence-corrected chi connectivity index (χ4v) is 3.44. The normalized spacial score (nSPS) is 17.4. The molecule has 2 aliphatic rings. The number of rotatable bonds is 2. The van der Waals surface area contributed by atoms with Crippen molar-refractivity contribution in [3.63, 3.8) is 0 Å². The molecule has 128 valence electrons. The molecule has 0 radical (unpaired) electrons. The summed E-state index contributed by atoms with van der Waals surface area (Å²) in [5, 5.41) is 16.6. The van der Waals surface area contributed by atoms with Gasteiger partial charge in [-0.2, -0.15) is 0 Å². The zero-order chi connectivity index (χ0) is 17.2. The quantitative estimate of drug-likeness (QED) is 0.733. The van der Waals surface area contributed by atoms with Crippen molar-refractivity contribution in [1.29, 1.82) is 0 Å². The highest BCUT2D eigenvalue weighted by Crippen LogP contribution is 2.29. The van der Waals surface area contributed by atoms with E-state index in [1.54, 1.807) is 12.3 Å². The fourth-order valence-electron chi connectivity index (χ4n) is 3.44. The van der Waals surface area contributed by atoms with Gasteiger partial charge < -0.3 is 15.7 Å². The second-order valence-electron chi connectivity index (χ2n) is 6.70. The van der Waals surface area contributed by atoms with E-state index >= 15 is 0 Å². The van der Waals surface area contributed by atoms with Crippen molar-refractivity contribution in [2.24, 2.45) is 4.99 Å². The summed E-state index contributed by atoms with van der Waals surface area (Å²) in [6, 6.07) is 8.37. The number of aromatic nitrogens is 1. The Balaban J connectivity index is 1.61. The van der Waals surface area contributed by atoms with Crippen molar-refractivity contribution >= 4 is 11.5 Å². The molecule has 1 saturated carbocycles. The molecule has 0 spiro atoms. The van der Waals surface area contributed by atoms with Gasteiger partial charge in [-0.05, 0) is 49.4 Å². The van der Waals surface area contributed by atoms with Crippen molar-refractivity contribution < 1.29 is 5.11 Å². The van der Waals surface area contributed by atoms with E-state index in [1.807, 2.05) is 6.07 Å². The van der Waals surface area contributed by atoms with Gasteiger partial charge in [-0.15, -0.1) is 0 Å². The molecule has 1 aliphatic heterocycles. The van der Waals surface area contributed by atoms with E-state index in [0.29, 0.717) is 12.7 Å². The first-order valence-electron chi connectivity index (χ1n) is 8.69. The summed E-state index contributed by atoms with van der Waals surface area (Å²) in [4.78, 5) is 8.72. The van der Waals surface area contributed by atoms with Gasteiger partial charge in [-0.25, -0.2) is 4.99 Å². The second kappa shape index (κ2) is 6.59. The Kier molecular flexibility index (Phi) is 4.14. The number of anilines is 1. The number of benzene rings is 1. The third-order valence-corrected chi connectivity index (χ3v) is 4.87. The highest BCUT2D eigenvalue weighted by atomic mass is 16.3. The van der Waals surface area contributed by atoms with Crippen LogP contribution in [0.1, 0.15) is 31.2 Å². The van der Waals surface area contributed by atoms with Gasteiger partial charge in [0.15, 0.2) is 0 Å². The zero-order valence-corrected chi connectivity index (χ0v) is 14.1. The number of hydrogen-bond acceptors (Lipinski definition) is 5. The van der Waals surface area contributed by atoms with E-state index in [9.17, 15) is 5.11 Å². The van der Waals surface area contributed by atoms with Crippen LogP contribution in [0.4, 0.5) is 5.69 Å². The number of allylic oxidation sites excluding steroid dienone is 1. The van der Waals surface area contributed by atoms with Gasteiger partial charge in [0.05, 0.1) is 6.20 Å². The van der Waals surface area contributed by atoms with Crippen LogP contribution in [0.25, 0.3) is 11.1 Å². The molecule has 0 saturated heterocycles. The van der Waals surface area contributed by atoms with Crippen LogP contribution in [-0.4, -0.2) is 28.6 Å². The SMILES string of the molecule is C=C1CCC(NC2=NCNc3ccc(-c4cncc(O)c4)cc32)CC1. The van der Waals surface area contributed by atoms with E-state index in [2.05, 4.69) is 39.3 Å². The van der Waals surface area contributed by atoms with Gasteiger partial charge in [0, 0.05) is 29.1 Å². The van der Waals surface area contributed by atoms with Crippen molar-refractivity contribution in [3.05, 3.63) is 54.4 Å². The van der Waals surface area contributed by atoms with Crippen LogP contribution in [0.3, 0.4) is 0 Å². The lowest BCUT2D eigenvalue weighted by atomic mass is 9.91. The van der Waals surface area contributed by atoms with Gasteiger partial charge in [-0.1, -0.05) is 18.2 Å². The first kappa shape index (κ1) is 15.7. The van der Waals surface area contributed by atoms with Crippen molar-refractivity contribution in [2.75, 3.05) is 12.0 Å². The Morgan fingerprint density at radius 2 is 1.96 bits per heavy atom. The molecular weight excluding hydrogens is 312 g/mol. The van der Waals surface area contributed by atoms with Gasteiger partial charge in [0.1, 0.15) is 18.3 Å². The number of hydrogen-bond donors (Lipinski definition) is 3. The lowest BCUT2D eigenvalue weighted by Gasteiger charge is -2.28. The van der Waals surface area contributed by atoms with Crippen LogP contribution >= 0.6 is 0 Å². The number of nitrogens with zero attached hydrogens (tertiary/aromatic N) is 2. The molecule has 0 atom stereocenters. The van der Waals surface area contributed by atoms with E-state index in [4.69, 9.17) is 0 Å². The van der Waals surface area contributed by atoms with Gasteiger partial charge in [0.2, 0.25) is 0 Å². The van der Waals surface area contributed by atoms with Gasteiger partial charge in [-0.3, -0.25) is 4.98 Å². The first-order chi connectivity index (χ1) is 12.2. The Bertz CT molecular complexity index is 833. The Morgan fingerprint density at radius 1 is 1.12 bits per heavy atom. The fraction of sp³-hybridized carbons (Fsp3) is 0.300. The number of aromatic hydroxyl groups is 1. The molecule has 1 aliphatic carbocycles. The van der Waals surface area contributed by atoms with Crippen LogP contribution in [0.2, 0.25) is 0 Å². The maximum absolute atomic E-state index is 9.68. The number of nitrogens with one attached hydrogen (secondary N) is 2. The molecule has 5 nitrogen and oxygen atoms in total. The molecule has 3 N–H and O–H groups in total. The summed E-state index contributed by atoms with van der Waals surface area (Å²) in [5.41, 5.74) is 5.40. The molecular formula is C20H22N4O. The largest absolute Gasteiger partial charge is 0.506 e. The van der Waals surface area contributed by atoms with Crippen molar-refractivity contribution in [3.8, 4) is 16.9 Å². The predicted octanol–water partition coefficient (Wildman–Crippen LogP) is 3.67. The third kappa shape index (κ3) is 3.36. The number of amidine groups is 1. The molecule has 0 amide bonds. The van der Waals surface area contributed by atoms with E-state index in [1.165, 1.54) is 11.8 Å². The molecule has 25 heavy (non-hydrogen) atoms. The molecule has 2 heterocycles. The first-order valence-corrected chi connectivity index (χ1v) is 8.69. The van der Waals surface area contributed by atoms with Crippen molar-refractivity contribution in [2.45, 2.75) is 31.7 Å². The highest BCUT2D eigenvalue weighted by molar-refractivity contribution is 6.05. The van der Waals surface area contributed by atoms with Crippen LogP contribution in [0.15, 0.2) is 53.8 Å². The molecule has 4 rings (SSSR count). The summed E-state index contributed by atoms with van der Waals surface area (Å²) in [5.74, 6) is 1.11. The Labute approximate surface area is 147 Å². The minimum Gasteiger partial charge on any atom is -0.506 e. The number of fused-ring (bicyclic) bond motifs is 1. The van der Waals surface area contributed by atoms with Crippen LogP contribution in [0.5, 0.6) is 5.75 Å². The molecule has 1 aromatic carbocycles. The molecule has 1 aromatic heterocycles. The summed E-state index contributed by atoms with van der Waals surface area (Å²) in [6.45, 7) is 4.67. The van der Waals surface area contributed by atoms with E-state index in [0.717, 1.165) is 53.9 Å². The predicted molar refractivity (Wildman–Crippen MR) is 101 cm³/mol. The summed E-state index contributed by atoms with van der Waals surface area (Å²) in [6.07, 6.45) is 7.59. The summed E-state index contributed by atoms with van der Waals surface area (Å²) >= 11 is 0. The standard InChI is InChI=1S/C20H22N4O/c1-13-2-5-16(6-3-13)24-20-18-9-14(4-7-19(18)22-12-23-20)15-8-17(25)11-21-10-15/h4,7-11,16,22,25H,1-3,5-6,12H2,(H,23,24). The lowest BCUT2D eigenvalue weighted by molar-refractivity contribution is 0.473. The molecule has 5 heteroatoms. The topological polar surface area (TPSA) is 69.5 Å². The lowest BCUT2D eigenvalue weighted by Crippen LogP contribution is -2.39. The smallest absolute Gasteiger partial charge is 0.134 e.